The first-order chi connectivity index (χ1) is 11.3. The summed E-state index contributed by atoms with van der Waals surface area (Å²) in [6.45, 7) is 8.43. The van der Waals surface area contributed by atoms with E-state index in [1.54, 1.807) is 18.3 Å². The van der Waals surface area contributed by atoms with Crippen molar-refractivity contribution in [3.05, 3.63) is 41.9 Å². The van der Waals surface area contributed by atoms with E-state index in [0.717, 1.165) is 17.7 Å². The number of aromatic nitrogens is 2. The molecule has 0 saturated carbocycles. The number of nitrogens with zero attached hydrogens (tertiary/aromatic N) is 3. The number of nitriles is 1. The molecule has 0 fully saturated rings. The highest BCUT2D eigenvalue weighted by Gasteiger charge is 2.21. The maximum absolute atomic E-state index is 9.43. The van der Waals surface area contributed by atoms with Crippen LogP contribution >= 0.6 is 0 Å². The van der Waals surface area contributed by atoms with Crippen molar-refractivity contribution in [2.24, 2.45) is 11.7 Å². The third kappa shape index (κ3) is 4.77. The zero-order valence-corrected chi connectivity index (χ0v) is 14.7. The lowest BCUT2D eigenvalue weighted by atomic mass is 9.93. The van der Waals surface area contributed by atoms with Crippen LogP contribution < -0.4 is 10.5 Å². The van der Waals surface area contributed by atoms with Gasteiger partial charge in [0.15, 0.2) is 0 Å². The number of aryl methyl sites for hydroxylation is 1. The normalized spacial score (nSPS) is 13.4. The molecule has 2 N–H and O–H groups in total. The Bertz CT molecular complexity index is 747. The zero-order chi connectivity index (χ0) is 17.7. The SMILES string of the molecule is Cc1nccc(-c2ccc(OCC(C)(N)CC(C)C)c(C#N)c2)n1. The minimum atomic E-state index is -0.427. The van der Waals surface area contributed by atoms with Gasteiger partial charge in [-0.1, -0.05) is 13.8 Å². The van der Waals surface area contributed by atoms with Gasteiger partial charge in [-0.05, 0) is 50.5 Å². The largest absolute Gasteiger partial charge is 0.490 e. The molecule has 0 aliphatic heterocycles. The van der Waals surface area contributed by atoms with Crippen LogP contribution in [0.2, 0.25) is 0 Å². The molecule has 24 heavy (non-hydrogen) atoms. The van der Waals surface area contributed by atoms with Crippen molar-refractivity contribution in [2.75, 3.05) is 6.61 Å². The highest BCUT2D eigenvalue weighted by atomic mass is 16.5. The lowest BCUT2D eigenvalue weighted by molar-refractivity contribution is 0.206. The average molecular weight is 324 g/mol. The van der Waals surface area contributed by atoms with Crippen molar-refractivity contribution in [3.63, 3.8) is 0 Å². The summed E-state index contributed by atoms with van der Waals surface area (Å²) in [5.41, 5.74) is 7.97. The van der Waals surface area contributed by atoms with Crippen molar-refractivity contribution >= 4 is 0 Å². The summed E-state index contributed by atoms with van der Waals surface area (Å²) < 4.78 is 5.83. The molecule has 0 aliphatic rings. The van der Waals surface area contributed by atoms with Crippen LogP contribution in [0.3, 0.4) is 0 Å². The van der Waals surface area contributed by atoms with E-state index in [0.29, 0.717) is 29.7 Å². The molecule has 0 radical (unpaired) electrons. The van der Waals surface area contributed by atoms with Crippen molar-refractivity contribution in [3.8, 4) is 23.1 Å². The summed E-state index contributed by atoms with van der Waals surface area (Å²) in [5.74, 6) is 1.73. The van der Waals surface area contributed by atoms with E-state index in [2.05, 4.69) is 29.9 Å². The van der Waals surface area contributed by atoms with Crippen LogP contribution in [0.25, 0.3) is 11.3 Å². The molecule has 2 rings (SSSR count). The first kappa shape index (κ1) is 17.9. The van der Waals surface area contributed by atoms with Crippen LogP contribution in [0, 0.1) is 24.2 Å². The first-order valence-electron chi connectivity index (χ1n) is 8.06. The van der Waals surface area contributed by atoms with Gasteiger partial charge < -0.3 is 10.5 Å². The van der Waals surface area contributed by atoms with Gasteiger partial charge in [-0.3, -0.25) is 0 Å². The summed E-state index contributed by atoms with van der Waals surface area (Å²) in [6.07, 6.45) is 2.56. The minimum Gasteiger partial charge on any atom is -0.490 e. The fourth-order valence-corrected chi connectivity index (χ4v) is 2.75. The van der Waals surface area contributed by atoms with Crippen LogP contribution in [-0.2, 0) is 0 Å². The predicted octanol–water partition coefficient (Wildman–Crippen LogP) is 3.47. The molecule has 0 amide bonds. The van der Waals surface area contributed by atoms with Gasteiger partial charge in [0, 0.05) is 17.3 Å². The number of hydrogen-bond acceptors (Lipinski definition) is 5. The third-order valence-electron chi connectivity index (χ3n) is 3.60. The molecule has 0 aliphatic carbocycles. The smallest absolute Gasteiger partial charge is 0.137 e. The van der Waals surface area contributed by atoms with Gasteiger partial charge in [0.05, 0.1) is 11.3 Å². The van der Waals surface area contributed by atoms with Crippen LogP contribution in [0.5, 0.6) is 5.75 Å². The van der Waals surface area contributed by atoms with Gasteiger partial charge in [0.2, 0.25) is 0 Å². The Labute approximate surface area is 143 Å². The molecule has 1 atom stereocenters. The van der Waals surface area contributed by atoms with E-state index in [4.69, 9.17) is 10.5 Å². The predicted molar refractivity (Wildman–Crippen MR) is 94.5 cm³/mol. The van der Waals surface area contributed by atoms with E-state index in [-0.39, 0.29) is 0 Å². The molecule has 1 unspecified atom stereocenters. The van der Waals surface area contributed by atoms with Crippen LogP contribution in [0.1, 0.15) is 38.6 Å². The lowest BCUT2D eigenvalue weighted by Gasteiger charge is -2.26. The van der Waals surface area contributed by atoms with E-state index in [1.165, 1.54) is 0 Å². The van der Waals surface area contributed by atoms with Gasteiger partial charge in [-0.2, -0.15) is 5.26 Å². The Morgan fingerprint density at radius 2 is 2.08 bits per heavy atom. The number of benzene rings is 1. The Balaban J connectivity index is 2.20. The molecule has 1 aromatic heterocycles. The molecule has 5 heteroatoms. The monoisotopic (exact) mass is 324 g/mol. The van der Waals surface area contributed by atoms with Gasteiger partial charge in [0.1, 0.15) is 24.3 Å². The summed E-state index contributed by atoms with van der Waals surface area (Å²) in [7, 11) is 0. The second-order valence-corrected chi connectivity index (χ2v) is 6.85. The van der Waals surface area contributed by atoms with Crippen molar-refractivity contribution in [1.82, 2.24) is 9.97 Å². The quantitative estimate of drug-likeness (QED) is 0.879. The fraction of sp³-hybridized carbons (Fsp3) is 0.421. The van der Waals surface area contributed by atoms with Crippen LogP contribution in [0.4, 0.5) is 0 Å². The van der Waals surface area contributed by atoms with Crippen molar-refractivity contribution < 1.29 is 4.74 Å². The molecule has 1 heterocycles. The number of nitrogens with two attached hydrogens (primary N) is 1. The molecule has 5 nitrogen and oxygen atoms in total. The maximum Gasteiger partial charge on any atom is 0.137 e. The van der Waals surface area contributed by atoms with Crippen LogP contribution in [0.15, 0.2) is 30.5 Å². The highest BCUT2D eigenvalue weighted by Crippen LogP contribution is 2.26. The Kier molecular flexibility index (Phi) is 5.53. The fourth-order valence-electron chi connectivity index (χ4n) is 2.75. The zero-order valence-electron chi connectivity index (χ0n) is 14.7. The molecule has 0 bridgehead atoms. The van der Waals surface area contributed by atoms with Gasteiger partial charge in [-0.25, -0.2) is 9.97 Å². The molecule has 1 aromatic carbocycles. The third-order valence-corrected chi connectivity index (χ3v) is 3.60. The highest BCUT2D eigenvalue weighted by molar-refractivity contribution is 5.63. The topological polar surface area (TPSA) is 84.8 Å². The molecule has 126 valence electrons. The van der Waals surface area contributed by atoms with Crippen molar-refractivity contribution in [1.29, 1.82) is 5.26 Å². The summed E-state index contributed by atoms with van der Waals surface area (Å²) >= 11 is 0. The maximum atomic E-state index is 9.43. The Hall–Kier alpha value is -2.45. The number of rotatable bonds is 6. The van der Waals surface area contributed by atoms with Gasteiger partial charge in [-0.15, -0.1) is 0 Å². The number of hydrogen-bond donors (Lipinski definition) is 1. The van der Waals surface area contributed by atoms with E-state index in [9.17, 15) is 5.26 Å². The van der Waals surface area contributed by atoms with E-state index in [1.807, 2.05) is 26.0 Å². The van der Waals surface area contributed by atoms with Gasteiger partial charge in [0.25, 0.3) is 0 Å². The summed E-state index contributed by atoms with van der Waals surface area (Å²) in [4.78, 5) is 8.48. The average Bonchev–Trinajstić information content (AvgIpc) is 2.51. The van der Waals surface area contributed by atoms with Gasteiger partial charge >= 0.3 is 0 Å². The van der Waals surface area contributed by atoms with Crippen LogP contribution in [-0.4, -0.2) is 22.1 Å². The van der Waals surface area contributed by atoms with Crippen molar-refractivity contribution in [2.45, 2.75) is 39.7 Å². The first-order valence-corrected chi connectivity index (χ1v) is 8.06. The molecule has 0 saturated heterocycles. The van der Waals surface area contributed by atoms with E-state index >= 15 is 0 Å². The molecular weight excluding hydrogens is 300 g/mol. The standard InChI is InChI=1S/C19H24N4O/c1-13(2)10-19(4,21)12-24-18-6-5-15(9-16(18)11-20)17-7-8-22-14(3)23-17/h5-9,13H,10,12,21H2,1-4H3. The molecular formula is C19H24N4O. The lowest BCUT2D eigenvalue weighted by Crippen LogP contribution is -2.43. The second-order valence-electron chi connectivity index (χ2n) is 6.85. The minimum absolute atomic E-state index is 0.367. The molecule has 0 spiro atoms. The van der Waals surface area contributed by atoms with E-state index < -0.39 is 5.54 Å². The Morgan fingerprint density at radius 1 is 1.33 bits per heavy atom. The second kappa shape index (κ2) is 7.41. The Morgan fingerprint density at radius 3 is 2.71 bits per heavy atom. The molecule has 2 aromatic rings. The summed E-state index contributed by atoms with van der Waals surface area (Å²) in [6, 6.07) is 9.50. The summed E-state index contributed by atoms with van der Waals surface area (Å²) in [5, 5.41) is 9.43. The number of ether oxygens (including phenoxy) is 1.